The zero-order valence-corrected chi connectivity index (χ0v) is 8.54. The minimum Gasteiger partial charge on any atom is -0.324 e. The first kappa shape index (κ1) is 10.1. The number of halogens is 1. The number of hydrogen-bond acceptors (Lipinski definition) is 3. The Hall–Kier alpha value is -1.39. The number of nitrogens with one attached hydrogen (secondary N) is 1. The van der Waals surface area contributed by atoms with E-state index < -0.39 is 6.04 Å². The van der Waals surface area contributed by atoms with Crippen LogP contribution in [0.5, 0.6) is 0 Å². The van der Waals surface area contributed by atoms with Crippen molar-refractivity contribution in [3.63, 3.8) is 0 Å². The van der Waals surface area contributed by atoms with Crippen LogP contribution in [0.1, 0.15) is 16.8 Å². The molecule has 0 aromatic heterocycles. The molecule has 1 aliphatic heterocycles. The molecule has 0 spiro atoms. The maximum atomic E-state index is 11.7. The monoisotopic (exact) mass is 224 g/mol. The fraction of sp³-hybridized carbons (Fsp3) is 0.200. The average Bonchev–Trinajstić information content (AvgIpc) is 2.25. The number of benzene rings is 1. The smallest absolute Gasteiger partial charge is 0.241 e. The van der Waals surface area contributed by atoms with Gasteiger partial charge in [-0.15, -0.1) is 0 Å². The van der Waals surface area contributed by atoms with Gasteiger partial charge in [-0.3, -0.25) is 9.59 Å². The van der Waals surface area contributed by atoms with E-state index in [1.54, 1.807) is 18.2 Å². The maximum absolute atomic E-state index is 11.7. The second-order valence-electron chi connectivity index (χ2n) is 3.41. The number of hydrogen-bond donors (Lipinski definition) is 2. The quantitative estimate of drug-likeness (QED) is 0.695. The molecule has 0 saturated heterocycles. The number of Topliss-reactive ketones (excluding diaryl/α,β-unsaturated/α-hetero) is 1. The Balaban J connectivity index is 2.51. The first-order chi connectivity index (χ1) is 7.08. The van der Waals surface area contributed by atoms with Crippen molar-refractivity contribution in [2.24, 2.45) is 5.73 Å². The van der Waals surface area contributed by atoms with Gasteiger partial charge >= 0.3 is 0 Å². The summed E-state index contributed by atoms with van der Waals surface area (Å²) in [5.41, 5.74) is 6.41. The van der Waals surface area contributed by atoms with E-state index in [4.69, 9.17) is 17.3 Å². The highest BCUT2D eigenvalue weighted by Crippen LogP contribution is 2.25. The van der Waals surface area contributed by atoms with Crippen LogP contribution in [0.25, 0.3) is 0 Å². The van der Waals surface area contributed by atoms with Crippen LogP contribution in [0, 0.1) is 0 Å². The van der Waals surface area contributed by atoms with Gasteiger partial charge in [-0.2, -0.15) is 0 Å². The van der Waals surface area contributed by atoms with Crippen molar-refractivity contribution in [3.8, 4) is 0 Å². The molecule has 0 fully saturated rings. The summed E-state index contributed by atoms with van der Waals surface area (Å²) in [5.74, 6) is -0.503. The molecule has 4 nitrogen and oxygen atoms in total. The van der Waals surface area contributed by atoms with Crippen LogP contribution >= 0.6 is 11.6 Å². The lowest BCUT2D eigenvalue weighted by Crippen LogP contribution is -2.35. The summed E-state index contributed by atoms with van der Waals surface area (Å²) in [7, 11) is 0. The first-order valence-electron chi connectivity index (χ1n) is 4.47. The number of anilines is 1. The molecule has 1 aliphatic rings. The average molecular weight is 225 g/mol. The number of fused-ring (bicyclic) bond motifs is 1. The van der Waals surface area contributed by atoms with Crippen molar-refractivity contribution < 1.29 is 9.59 Å². The van der Waals surface area contributed by atoms with Crippen molar-refractivity contribution in [2.45, 2.75) is 12.5 Å². The summed E-state index contributed by atoms with van der Waals surface area (Å²) >= 11 is 5.77. The highest BCUT2D eigenvalue weighted by Gasteiger charge is 2.25. The van der Waals surface area contributed by atoms with Gasteiger partial charge in [0.2, 0.25) is 5.91 Å². The predicted molar refractivity (Wildman–Crippen MR) is 57.0 cm³/mol. The molecule has 0 aliphatic carbocycles. The third kappa shape index (κ3) is 1.86. The molecule has 0 bridgehead atoms. The fourth-order valence-corrected chi connectivity index (χ4v) is 1.66. The normalized spacial score (nSPS) is 20.5. The van der Waals surface area contributed by atoms with Crippen molar-refractivity contribution in [1.82, 2.24) is 0 Å². The Kier molecular flexibility index (Phi) is 2.46. The summed E-state index contributed by atoms with van der Waals surface area (Å²) in [6.07, 6.45) is 0.0282. The van der Waals surface area contributed by atoms with Crippen LogP contribution in [0.15, 0.2) is 18.2 Å². The number of carbonyl (C=O) groups is 2. The molecule has 15 heavy (non-hydrogen) atoms. The second-order valence-corrected chi connectivity index (χ2v) is 3.85. The highest BCUT2D eigenvalue weighted by molar-refractivity contribution is 6.31. The Labute approximate surface area is 91.4 Å². The number of nitrogens with two attached hydrogens (primary N) is 1. The highest BCUT2D eigenvalue weighted by atomic mass is 35.5. The third-order valence-electron chi connectivity index (χ3n) is 2.28. The molecule has 1 amide bonds. The van der Waals surface area contributed by atoms with Crippen LogP contribution in [0.4, 0.5) is 5.69 Å². The molecule has 1 aromatic carbocycles. The summed E-state index contributed by atoms with van der Waals surface area (Å²) < 4.78 is 0. The van der Waals surface area contributed by atoms with E-state index in [0.29, 0.717) is 16.3 Å². The number of rotatable bonds is 0. The van der Waals surface area contributed by atoms with Gasteiger partial charge in [0.05, 0.1) is 11.7 Å². The molecule has 0 radical (unpaired) electrons. The molecule has 2 rings (SSSR count). The number of carbonyl (C=O) groups excluding carboxylic acids is 2. The molecule has 1 atom stereocenters. The lowest BCUT2D eigenvalue weighted by atomic mass is 10.1. The molecule has 3 N–H and O–H groups in total. The largest absolute Gasteiger partial charge is 0.324 e. The van der Waals surface area contributed by atoms with Crippen LogP contribution in [0.2, 0.25) is 5.02 Å². The van der Waals surface area contributed by atoms with Crippen molar-refractivity contribution in [2.75, 3.05) is 5.32 Å². The molecule has 1 aromatic rings. The van der Waals surface area contributed by atoms with Gasteiger partial charge in [0.15, 0.2) is 5.78 Å². The molecular formula is C10H9ClN2O2. The molecular weight excluding hydrogens is 216 g/mol. The first-order valence-corrected chi connectivity index (χ1v) is 4.85. The topological polar surface area (TPSA) is 72.2 Å². The number of ketones is 1. The molecule has 5 heteroatoms. The Morgan fingerprint density at radius 2 is 2.13 bits per heavy atom. The zero-order chi connectivity index (χ0) is 11.0. The van der Waals surface area contributed by atoms with Gasteiger partial charge in [-0.1, -0.05) is 11.6 Å². The molecule has 1 unspecified atom stereocenters. The predicted octanol–water partition coefficient (Wildman–Crippen LogP) is 1.19. The minimum absolute atomic E-state index is 0.0282. The Morgan fingerprint density at radius 3 is 2.87 bits per heavy atom. The van der Waals surface area contributed by atoms with E-state index in [1.165, 1.54) is 0 Å². The van der Waals surface area contributed by atoms with E-state index in [1.807, 2.05) is 0 Å². The summed E-state index contributed by atoms with van der Waals surface area (Å²) in [5, 5.41) is 3.04. The van der Waals surface area contributed by atoms with Gasteiger partial charge in [-0.05, 0) is 18.2 Å². The van der Waals surface area contributed by atoms with E-state index in [9.17, 15) is 9.59 Å². The van der Waals surface area contributed by atoms with E-state index >= 15 is 0 Å². The summed E-state index contributed by atoms with van der Waals surface area (Å²) in [6, 6.07) is 3.97. The third-order valence-corrected chi connectivity index (χ3v) is 2.52. The SMILES string of the molecule is NC1CC(=O)c2ccc(Cl)cc2NC1=O. The number of amides is 1. The summed E-state index contributed by atoms with van der Waals surface area (Å²) in [4.78, 5) is 23.1. The maximum Gasteiger partial charge on any atom is 0.241 e. The van der Waals surface area contributed by atoms with Crippen LogP contribution in [-0.4, -0.2) is 17.7 Å². The van der Waals surface area contributed by atoms with E-state index in [-0.39, 0.29) is 18.1 Å². The minimum atomic E-state index is -0.788. The van der Waals surface area contributed by atoms with Crippen LogP contribution < -0.4 is 11.1 Å². The lowest BCUT2D eigenvalue weighted by Gasteiger charge is -2.06. The van der Waals surface area contributed by atoms with Gasteiger partial charge in [0.25, 0.3) is 0 Å². The van der Waals surface area contributed by atoms with Crippen molar-refractivity contribution in [3.05, 3.63) is 28.8 Å². The standard InChI is InChI=1S/C10H9ClN2O2/c11-5-1-2-6-8(3-5)13-10(15)7(12)4-9(6)14/h1-3,7H,4,12H2,(H,13,15). The van der Waals surface area contributed by atoms with E-state index in [0.717, 1.165) is 0 Å². The fourth-order valence-electron chi connectivity index (χ4n) is 1.49. The van der Waals surface area contributed by atoms with Gasteiger partial charge < -0.3 is 11.1 Å². The molecule has 78 valence electrons. The van der Waals surface area contributed by atoms with Crippen LogP contribution in [-0.2, 0) is 4.79 Å². The van der Waals surface area contributed by atoms with Crippen molar-refractivity contribution >= 4 is 29.0 Å². The zero-order valence-electron chi connectivity index (χ0n) is 7.79. The molecule has 0 saturated carbocycles. The Morgan fingerprint density at radius 1 is 1.40 bits per heavy atom. The molecule has 1 heterocycles. The summed E-state index contributed by atoms with van der Waals surface area (Å²) in [6.45, 7) is 0. The second kappa shape index (κ2) is 3.64. The van der Waals surface area contributed by atoms with Gasteiger partial charge in [0, 0.05) is 17.0 Å². The van der Waals surface area contributed by atoms with Gasteiger partial charge in [-0.25, -0.2) is 0 Å². The Bertz CT molecular complexity index is 445. The van der Waals surface area contributed by atoms with E-state index in [2.05, 4.69) is 5.32 Å². The van der Waals surface area contributed by atoms with Crippen LogP contribution in [0.3, 0.4) is 0 Å². The van der Waals surface area contributed by atoms with Crippen molar-refractivity contribution in [1.29, 1.82) is 0 Å². The van der Waals surface area contributed by atoms with Gasteiger partial charge in [0.1, 0.15) is 0 Å². The lowest BCUT2D eigenvalue weighted by molar-refractivity contribution is -0.117.